The fraction of sp³-hybridized carbons (Fsp3) is 0.429. The van der Waals surface area contributed by atoms with Crippen molar-refractivity contribution in [2.75, 3.05) is 18.4 Å². The highest BCUT2D eigenvalue weighted by Crippen LogP contribution is 2.10. The van der Waals surface area contributed by atoms with Crippen LogP contribution in [0.3, 0.4) is 0 Å². The van der Waals surface area contributed by atoms with Crippen molar-refractivity contribution in [3.8, 4) is 0 Å². The fourth-order valence-electron chi connectivity index (χ4n) is 1.71. The zero-order valence-corrected chi connectivity index (χ0v) is 11.8. The van der Waals surface area contributed by atoms with Gasteiger partial charge in [-0.25, -0.2) is 9.18 Å². The van der Waals surface area contributed by atoms with E-state index in [1.165, 1.54) is 24.3 Å². The first-order valence-electron chi connectivity index (χ1n) is 6.53. The number of benzene rings is 1. The minimum atomic E-state index is -0.349. The molecule has 0 saturated heterocycles. The Balaban J connectivity index is 2.66. The van der Waals surface area contributed by atoms with Gasteiger partial charge in [-0.1, -0.05) is 13.8 Å². The van der Waals surface area contributed by atoms with Crippen molar-refractivity contribution in [2.45, 2.75) is 20.3 Å². The first-order chi connectivity index (χ1) is 9.38. The Labute approximate surface area is 118 Å². The summed E-state index contributed by atoms with van der Waals surface area (Å²) in [5, 5.41) is 9.94. The molecule has 20 heavy (non-hydrogen) atoms. The molecule has 4 N–H and O–H groups in total. The predicted octanol–water partition coefficient (Wildman–Crippen LogP) is 2.64. The first-order valence-corrected chi connectivity index (χ1v) is 6.53. The second kappa shape index (κ2) is 7.47. The number of nitrogens with one attached hydrogen (secondary N) is 2. The minimum absolute atomic E-state index is 0.0494. The third-order valence-corrected chi connectivity index (χ3v) is 2.62. The predicted molar refractivity (Wildman–Crippen MR) is 78.4 cm³/mol. The number of anilines is 1. The highest BCUT2D eigenvalue weighted by atomic mass is 19.1. The minimum Gasteiger partial charge on any atom is -0.388 e. The third-order valence-electron chi connectivity index (χ3n) is 2.62. The largest absolute Gasteiger partial charge is 0.388 e. The molecule has 110 valence electrons. The maximum absolute atomic E-state index is 12.8. The lowest BCUT2D eigenvalue weighted by molar-refractivity contribution is 0.206. The maximum atomic E-state index is 12.8. The van der Waals surface area contributed by atoms with Crippen molar-refractivity contribution in [3.05, 3.63) is 30.1 Å². The summed E-state index contributed by atoms with van der Waals surface area (Å²) in [5.41, 5.74) is 5.86. The van der Waals surface area contributed by atoms with Crippen LogP contribution in [-0.4, -0.2) is 29.9 Å². The van der Waals surface area contributed by atoms with Gasteiger partial charge in [-0.3, -0.25) is 5.41 Å². The summed E-state index contributed by atoms with van der Waals surface area (Å²) in [7, 11) is 0. The molecule has 6 heteroatoms. The summed E-state index contributed by atoms with van der Waals surface area (Å²) in [6.45, 7) is 4.97. The molecular weight excluding hydrogens is 259 g/mol. The van der Waals surface area contributed by atoms with E-state index in [0.29, 0.717) is 31.1 Å². The Hall–Kier alpha value is -2.11. The molecule has 0 unspecified atom stereocenters. The Morgan fingerprint density at radius 2 is 2.00 bits per heavy atom. The number of carbonyl (C=O) groups is 1. The van der Waals surface area contributed by atoms with Gasteiger partial charge in [-0.2, -0.15) is 0 Å². The molecule has 5 nitrogen and oxygen atoms in total. The molecule has 1 rings (SSSR count). The van der Waals surface area contributed by atoms with Crippen molar-refractivity contribution in [3.63, 3.8) is 0 Å². The number of rotatable bonds is 6. The number of halogens is 1. The van der Waals surface area contributed by atoms with E-state index in [1.807, 2.05) is 13.8 Å². The Morgan fingerprint density at radius 1 is 1.40 bits per heavy atom. The van der Waals surface area contributed by atoms with Crippen molar-refractivity contribution in [2.24, 2.45) is 11.7 Å². The van der Waals surface area contributed by atoms with Gasteiger partial charge >= 0.3 is 6.03 Å². The monoisotopic (exact) mass is 280 g/mol. The quantitative estimate of drug-likeness (QED) is 0.553. The normalized spacial score (nSPS) is 10.4. The van der Waals surface area contributed by atoms with E-state index in [4.69, 9.17) is 11.1 Å². The van der Waals surface area contributed by atoms with Gasteiger partial charge in [0.15, 0.2) is 0 Å². The van der Waals surface area contributed by atoms with E-state index in [-0.39, 0.29) is 17.7 Å². The number of hydrogen-bond donors (Lipinski definition) is 3. The molecule has 0 aromatic heterocycles. The molecule has 0 radical (unpaired) electrons. The van der Waals surface area contributed by atoms with Crippen LogP contribution in [0, 0.1) is 17.1 Å². The van der Waals surface area contributed by atoms with Crippen LogP contribution < -0.4 is 11.1 Å². The Bertz CT molecular complexity index is 459. The number of hydrogen-bond acceptors (Lipinski definition) is 2. The van der Waals surface area contributed by atoms with Crippen molar-refractivity contribution in [1.29, 1.82) is 5.41 Å². The molecule has 1 aromatic carbocycles. The maximum Gasteiger partial charge on any atom is 0.321 e. The second-order valence-electron chi connectivity index (χ2n) is 5.05. The van der Waals surface area contributed by atoms with Gasteiger partial charge in [-0.15, -0.1) is 0 Å². The van der Waals surface area contributed by atoms with Crippen LogP contribution in [0.25, 0.3) is 0 Å². The molecule has 0 aliphatic heterocycles. The Kier molecular flexibility index (Phi) is 5.96. The van der Waals surface area contributed by atoms with Gasteiger partial charge in [0.1, 0.15) is 5.82 Å². The molecule has 0 heterocycles. The van der Waals surface area contributed by atoms with Crippen molar-refractivity contribution < 1.29 is 9.18 Å². The van der Waals surface area contributed by atoms with Crippen LogP contribution in [0.4, 0.5) is 14.9 Å². The van der Waals surface area contributed by atoms with Gasteiger partial charge in [0, 0.05) is 25.2 Å². The van der Waals surface area contributed by atoms with Gasteiger partial charge in [0.25, 0.3) is 0 Å². The molecule has 0 saturated carbocycles. The molecule has 0 spiro atoms. The summed E-state index contributed by atoms with van der Waals surface area (Å²) in [5.74, 6) is 0.00730. The van der Waals surface area contributed by atoms with Gasteiger partial charge in [0.2, 0.25) is 0 Å². The highest BCUT2D eigenvalue weighted by Gasteiger charge is 2.15. The molecule has 0 bridgehead atoms. The molecule has 0 aliphatic carbocycles. The highest BCUT2D eigenvalue weighted by molar-refractivity contribution is 5.89. The van der Waals surface area contributed by atoms with Gasteiger partial charge in [0.05, 0.1) is 5.84 Å². The molecule has 0 fully saturated rings. The number of nitrogens with two attached hydrogens (primary N) is 1. The zero-order chi connectivity index (χ0) is 15.1. The van der Waals surface area contributed by atoms with Crippen molar-refractivity contribution in [1.82, 2.24) is 4.90 Å². The number of amides is 2. The van der Waals surface area contributed by atoms with E-state index in [0.717, 1.165) is 0 Å². The van der Waals surface area contributed by atoms with E-state index in [1.54, 1.807) is 4.90 Å². The smallest absolute Gasteiger partial charge is 0.321 e. The number of urea groups is 1. The molecule has 1 aromatic rings. The van der Waals surface area contributed by atoms with E-state index in [2.05, 4.69) is 5.32 Å². The lowest BCUT2D eigenvalue weighted by atomic mass is 10.2. The van der Waals surface area contributed by atoms with E-state index >= 15 is 0 Å². The molecule has 2 amide bonds. The standard InChI is InChI=1S/C14H21FN4O/c1-10(2)9-19(8-7-13(16)17)14(20)18-12-5-3-11(15)4-6-12/h3-6,10H,7-9H2,1-2H3,(H3,16,17)(H,18,20). The second-order valence-corrected chi connectivity index (χ2v) is 5.05. The van der Waals surface area contributed by atoms with E-state index < -0.39 is 0 Å². The lowest BCUT2D eigenvalue weighted by Gasteiger charge is -2.24. The SMILES string of the molecule is CC(C)CN(CCC(=N)N)C(=O)Nc1ccc(F)cc1. The van der Waals surface area contributed by atoms with Crippen LogP contribution in [0.5, 0.6) is 0 Å². The topological polar surface area (TPSA) is 82.2 Å². The van der Waals surface area contributed by atoms with E-state index in [9.17, 15) is 9.18 Å². The van der Waals surface area contributed by atoms with Gasteiger partial charge in [-0.05, 0) is 30.2 Å². The number of carbonyl (C=O) groups excluding carboxylic acids is 1. The zero-order valence-electron chi connectivity index (χ0n) is 11.8. The average molecular weight is 280 g/mol. The molecular formula is C14H21FN4O. The van der Waals surface area contributed by atoms with Crippen LogP contribution in [0.2, 0.25) is 0 Å². The Morgan fingerprint density at radius 3 is 2.50 bits per heavy atom. The summed E-state index contributed by atoms with van der Waals surface area (Å²) < 4.78 is 12.8. The molecule has 0 atom stereocenters. The summed E-state index contributed by atoms with van der Waals surface area (Å²) in [6.07, 6.45) is 0.337. The van der Waals surface area contributed by atoms with Crippen LogP contribution >= 0.6 is 0 Å². The van der Waals surface area contributed by atoms with Crippen LogP contribution in [0.1, 0.15) is 20.3 Å². The summed E-state index contributed by atoms with van der Waals surface area (Å²) in [6, 6.07) is 5.32. The average Bonchev–Trinajstić information content (AvgIpc) is 2.36. The molecule has 0 aliphatic rings. The van der Waals surface area contributed by atoms with Crippen LogP contribution in [0.15, 0.2) is 24.3 Å². The third kappa shape index (κ3) is 5.69. The first kappa shape index (κ1) is 15.9. The van der Waals surface area contributed by atoms with Crippen LogP contribution in [-0.2, 0) is 0 Å². The summed E-state index contributed by atoms with van der Waals surface area (Å²) >= 11 is 0. The number of nitrogens with zero attached hydrogens (tertiary/aromatic N) is 1. The fourth-order valence-corrected chi connectivity index (χ4v) is 1.71. The summed E-state index contributed by atoms with van der Waals surface area (Å²) in [4.78, 5) is 13.8. The van der Waals surface area contributed by atoms with Gasteiger partial charge < -0.3 is 16.0 Å². The number of amidine groups is 1. The lowest BCUT2D eigenvalue weighted by Crippen LogP contribution is -2.39. The van der Waals surface area contributed by atoms with Crippen molar-refractivity contribution >= 4 is 17.6 Å².